The highest BCUT2D eigenvalue weighted by Gasteiger charge is 2.13. The first-order valence-corrected chi connectivity index (χ1v) is 8.29. The van der Waals surface area contributed by atoms with Crippen LogP contribution in [0.4, 0.5) is 0 Å². The summed E-state index contributed by atoms with van der Waals surface area (Å²) in [6, 6.07) is 9.38. The molecule has 0 heterocycles. The summed E-state index contributed by atoms with van der Waals surface area (Å²) >= 11 is 12.6. The summed E-state index contributed by atoms with van der Waals surface area (Å²) in [5.74, 6) is 1.58. The second kappa shape index (κ2) is 7.37. The number of hydrogen-bond donors (Lipinski definition) is 0. The summed E-state index contributed by atoms with van der Waals surface area (Å²) in [6.07, 6.45) is 0.307. The highest BCUT2D eigenvalue weighted by atomic mass is 35.5. The molecule has 0 aliphatic carbocycles. The van der Waals surface area contributed by atoms with Gasteiger partial charge in [0.1, 0.15) is 11.5 Å². The number of Topliss-reactive ketones (excluding diaryl/α,β-unsaturated/α-hetero) is 1. The molecule has 2 nitrogen and oxygen atoms in total. The van der Waals surface area contributed by atoms with Gasteiger partial charge in [-0.3, -0.25) is 4.79 Å². The number of benzene rings is 2. The molecular formula is C19H20Cl2O2. The molecule has 0 aromatic heterocycles. The van der Waals surface area contributed by atoms with Crippen molar-refractivity contribution in [3.05, 3.63) is 57.1 Å². The van der Waals surface area contributed by atoms with Gasteiger partial charge in [-0.1, -0.05) is 43.1 Å². The van der Waals surface area contributed by atoms with Crippen LogP contribution in [0.3, 0.4) is 0 Å². The molecule has 0 radical (unpaired) electrons. The summed E-state index contributed by atoms with van der Waals surface area (Å²) < 4.78 is 5.90. The lowest BCUT2D eigenvalue weighted by molar-refractivity contribution is -0.116. The van der Waals surface area contributed by atoms with Gasteiger partial charge in [0.25, 0.3) is 0 Å². The molecule has 0 saturated carbocycles. The Hall–Kier alpha value is -1.51. The van der Waals surface area contributed by atoms with E-state index in [1.807, 2.05) is 18.2 Å². The number of hydrogen-bond acceptors (Lipinski definition) is 2. The van der Waals surface area contributed by atoms with Crippen molar-refractivity contribution in [3.8, 4) is 11.5 Å². The molecule has 23 heavy (non-hydrogen) atoms. The fourth-order valence-electron chi connectivity index (χ4n) is 2.52. The van der Waals surface area contributed by atoms with Gasteiger partial charge in [0.05, 0.1) is 10.0 Å². The van der Waals surface area contributed by atoms with Crippen LogP contribution >= 0.6 is 23.2 Å². The Morgan fingerprint density at radius 3 is 2.26 bits per heavy atom. The van der Waals surface area contributed by atoms with Gasteiger partial charge in [0, 0.05) is 6.42 Å². The van der Waals surface area contributed by atoms with E-state index < -0.39 is 0 Å². The molecule has 0 unspecified atom stereocenters. The minimum atomic E-state index is 0.0610. The van der Waals surface area contributed by atoms with Crippen molar-refractivity contribution in [2.24, 2.45) is 0 Å². The van der Waals surface area contributed by atoms with Crippen molar-refractivity contribution in [1.29, 1.82) is 0 Å². The van der Waals surface area contributed by atoms with Gasteiger partial charge < -0.3 is 4.74 Å². The second-order valence-electron chi connectivity index (χ2n) is 6.04. The Kier molecular flexibility index (Phi) is 5.72. The molecule has 0 saturated heterocycles. The van der Waals surface area contributed by atoms with Gasteiger partial charge in [0.15, 0.2) is 5.75 Å². The third-order valence-electron chi connectivity index (χ3n) is 3.60. The second-order valence-corrected chi connectivity index (χ2v) is 6.86. The van der Waals surface area contributed by atoms with Crippen molar-refractivity contribution in [3.63, 3.8) is 0 Å². The zero-order valence-corrected chi connectivity index (χ0v) is 15.3. The van der Waals surface area contributed by atoms with Crippen LogP contribution in [-0.2, 0) is 11.2 Å². The minimum absolute atomic E-state index is 0.0610. The third-order valence-corrected chi connectivity index (χ3v) is 4.17. The topological polar surface area (TPSA) is 26.3 Å². The number of ketones is 1. The van der Waals surface area contributed by atoms with E-state index in [-0.39, 0.29) is 5.78 Å². The number of carbonyl (C=O) groups is 1. The molecule has 2 aromatic rings. The van der Waals surface area contributed by atoms with Crippen LogP contribution in [0.25, 0.3) is 0 Å². The van der Waals surface area contributed by atoms with Crippen LogP contribution < -0.4 is 4.74 Å². The molecule has 0 amide bonds. The maximum absolute atomic E-state index is 11.2. The van der Waals surface area contributed by atoms with Crippen molar-refractivity contribution in [1.82, 2.24) is 0 Å². The van der Waals surface area contributed by atoms with Crippen LogP contribution in [0, 0.1) is 6.92 Å². The number of aryl methyl sites for hydroxylation is 1. The van der Waals surface area contributed by atoms with Crippen molar-refractivity contribution < 1.29 is 9.53 Å². The molecule has 0 atom stereocenters. The Morgan fingerprint density at radius 2 is 1.74 bits per heavy atom. The first-order chi connectivity index (χ1) is 10.8. The molecule has 122 valence electrons. The van der Waals surface area contributed by atoms with Crippen molar-refractivity contribution in [2.75, 3.05) is 0 Å². The van der Waals surface area contributed by atoms with Crippen LogP contribution in [0.2, 0.25) is 10.0 Å². The summed E-state index contributed by atoms with van der Waals surface area (Å²) in [6.45, 7) is 7.90. The maximum Gasteiger partial charge on any atom is 0.164 e. The minimum Gasteiger partial charge on any atom is -0.454 e. The van der Waals surface area contributed by atoms with Crippen molar-refractivity contribution in [2.45, 2.75) is 40.0 Å². The third kappa shape index (κ3) is 4.49. The average Bonchev–Trinajstić information content (AvgIpc) is 2.43. The van der Waals surface area contributed by atoms with E-state index in [1.165, 1.54) is 18.1 Å². The Bertz CT molecular complexity index is 713. The molecule has 0 spiro atoms. The Balaban J connectivity index is 2.33. The number of rotatable bonds is 5. The highest BCUT2D eigenvalue weighted by molar-refractivity contribution is 6.37. The SMILES string of the molecule is CC(=O)Cc1cc(Cl)c(Oc2ccc(C)c(C(C)C)c2)c(Cl)c1. The monoisotopic (exact) mass is 350 g/mol. The molecule has 4 heteroatoms. The van der Waals surface area contributed by atoms with Gasteiger partial charge in [-0.05, 0) is 60.7 Å². The largest absolute Gasteiger partial charge is 0.454 e. The van der Waals surface area contributed by atoms with Crippen LogP contribution in [-0.4, -0.2) is 5.78 Å². The molecule has 2 rings (SSSR count). The quantitative estimate of drug-likeness (QED) is 0.627. The highest BCUT2D eigenvalue weighted by Crippen LogP contribution is 2.38. The van der Waals surface area contributed by atoms with E-state index >= 15 is 0 Å². The maximum atomic E-state index is 11.2. The van der Waals surface area contributed by atoms with Gasteiger partial charge in [-0.2, -0.15) is 0 Å². The molecule has 0 fully saturated rings. The van der Waals surface area contributed by atoms with E-state index in [4.69, 9.17) is 27.9 Å². The Labute approximate surface area is 147 Å². The number of carbonyl (C=O) groups excluding carboxylic acids is 1. The zero-order valence-electron chi connectivity index (χ0n) is 13.7. The first kappa shape index (κ1) is 17.8. The zero-order chi connectivity index (χ0) is 17.1. The number of halogens is 2. The smallest absolute Gasteiger partial charge is 0.164 e. The molecule has 0 N–H and O–H groups in total. The fraction of sp³-hybridized carbons (Fsp3) is 0.316. The summed E-state index contributed by atoms with van der Waals surface area (Å²) in [4.78, 5) is 11.2. The standard InChI is InChI=1S/C19H20Cl2O2/c1-11(2)16-10-15(6-5-12(16)3)23-19-17(20)8-14(7-13(4)22)9-18(19)21/h5-6,8-11H,7H2,1-4H3. The van der Waals surface area contributed by atoms with E-state index in [0.29, 0.717) is 33.9 Å². The summed E-state index contributed by atoms with van der Waals surface area (Å²) in [7, 11) is 0. The summed E-state index contributed by atoms with van der Waals surface area (Å²) in [5, 5.41) is 0.806. The van der Waals surface area contributed by atoms with Crippen LogP contribution in [0.1, 0.15) is 43.4 Å². The van der Waals surface area contributed by atoms with Gasteiger partial charge in [-0.25, -0.2) is 0 Å². The van der Waals surface area contributed by atoms with E-state index in [0.717, 1.165) is 5.56 Å². The lowest BCUT2D eigenvalue weighted by atomic mass is 9.98. The van der Waals surface area contributed by atoms with Gasteiger partial charge in [0.2, 0.25) is 0 Å². The predicted octanol–water partition coefficient (Wildman–Crippen LogP) is 6.35. The molecule has 0 aliphatic heterocycles. The normalized spacial score (nSPS) is 10.9. The molecule has 0 bridgehead atoms. The lowest BCUT2D eigenvalue weighted by Crippen LogP contribution is -1.98. The van der Waals surface area contributed by atoms with E-state index in [1.54, 1.807) is 12.1 Å². The molecule has 2 aromatic carbocycles. The molecular weight excluding hydrogens is 331 g/mol. The first-order valence-electron chi connectivity index (χ1n) is 7.53. The van der Waals surface area contributed by atoms with Gasteiger partial charge in [-0.15, -0.1) is 0 Å². The van der Waals surface area contributed by atoms with Gasteiger partial charge >= 0.3 is 0 Å². The summed E-state index contributed by atoms with van der Waals surface area (Å²) in [5.41, 5.74) is 3.23. The van der Waals surface area contributed by atoms with E-state index in [2.05, 4.69) is 20.8 Å². The van der Waals surface area contributed by atoms with Crippen LogP contribution in [0.5, 0.6) is 11.5 Å². The average molecular weight is 351 g/mol. The van der Waals surface area contributed by atoms with Crippen LogP contribution in [0.15, 0.2) is 30.3 Å². The van der Waals surface area contributed by atoms with E-state index in [9.17, 15) is 4.79 Å². The fourth-order valence-corrected chi connectivity index (χ4v) is 3.13. The molecule has 0 aliphatic rings. The lowest BCUT2D eigenvalue weighted by Gasteiger charge is -2.15. The Morgan fingerprint density at radius 1 is 1.13 bits per heavy atom. The van der Waals surface area contributed by atoms with Crippen molar-refractivity contribution >= 4 is 29.0 Å². The predicted molar refractivity (Wildman–Crippen MR) is 96.2 cm³/mol. The number of ether oxygens (including phenoxy) is 1.